The van der Waals surface area contributed by atoms with Crippen molar-refractivity contribution in [2.75, 3.05) is 0 Å². The molecule has 1 aliphatic rings. The lowest BCUT2D eigenvalue weighted by Crippen LogP contribution is -2.51. The van der Waals surface area contributed by atoms with Crippen LogP contribution in [0.1, 0.15) is 37.7 Å². The van der Waals surface area contributed by atoms with Gasteiger partial charge < -0.3 is 10.2 Å². The zero-order valence-corrected chi connectivity index (χ0v) is 13.9. The first-order chi connectivity index (χ1) is 11.8. The molecule has 0 aromatic heterocycles. The van der Waals surface area contributed by atoms with Crippen LogP contribution in [0.25, 0.3) is 0 Å². The summed E-state index contributed by atoms with van der Waals surface area (Å²) in [6, 6.07) is 9.37. The normalized spacial score (nSPS) is 21.3. The molecule has 2 atom stereocenters. The largest absolute Gasteiger partial charge is 0.393 e. The molecule has 0 unspecified atom stereocenters. The fraction of sp³-hybridized carbons (Fsp3) is 0.556. The third-order valence-corrected chi connectivity index (χ3v) is 4.87. The molecular formula is C18H24F2NO4. The van der Waals surface area contributed by atoms with Crippen LogP contribution < -0.4 is 5.48 Å². The zero-order chi connectivity index (χ0) is 18.5. The average Bonchev–Trinajstić information content (AvgIpc) is 2.61. The van der Waals surface area contributed by atoms with Gasteiger partial charge in [-0.25, -0.2) is 14.3 Å². The molecule has 7 heteroatoms. The minimum atomic E-state index is -2.86. The van der Waals surface area contributed by atoms with Crippen LogP contribution in [0.15, 0.2) is 30.3 Å². The molecule has 4 N–H and O–H groups in total. The zero-order valence-electron chi connectivity index (χ0n) is 13.9. The summed E-state index contributed by atoms with van der Waals surface area (Å²) in [7, 11) is 0. The van der Waals surface area contributed by atoms with E-state index in [-0.39, 0.29) is 19.3 Å². The van der Waals surface area contributed by atoms with Gasteiger partial charge in [-0.05, 0) is 37.7 Å². The quantitative estimate of drug-likeness (QED) is 0.446. The lowest BCUT2D eigenvalue weighted by atomic mass is 9.72. The van der Waals surface area contributed by atoms with Crippen LogP contribution in [0.2, 0.25) is 0 Å². The van der Waals surface area contributed by atoms with E-state index in [1.165, 1.54) is 5.48 Å². The SMILES string of the molecule is O=C(NO)[C@@H](C[C@@H](O)[CH]Cc1ccccc1)C1(O)CCC(F)(F)CC1. The van der Waals surface area contributed by atoms with Gasteiger partial charge in [0, 0.05) is 12.8 Å². The Hall–Kier alpha value is -1.57. The maximum Gasteiger partial charge on any atom is 0.249 e. The molecular weight excluding hydrogens is 332 g/mol. The van der Waals surface area contributed by atoms with Gasteiger partial charge in [0.05, 0.1) is 17.6 Å². The first-order valence-electron chi connectivity index (χ1n) is 8.35. The van der Waals surface area contributed by atoms with Gasteiger partial charge >= 0.3 is 0 Å². The predicted molar refractivity (Wildman–Crippen MR) is 86.9 cm³/mol. The van der Waals surface area contributed by atoms with Gasteiger partial charge in [0.15, 0.2) is 0 Å². The van der Waals surface area contributed by atoms with Gasteiger partial charge in [-0.3, -0.25) is 10.0 Å². The highest BCUT2D eigenvalue weighted by molar-refractivity contribution is 5.78. The highest BCUT2D eigenvalue weighted by Crippen LogP contribution is 2.43. The van der Waals surface area contributed by atoms with Crippen molar-refractivity contribution in [1.29, 1.82) is 0 Å². The number of rotatable bonds is 7. The topological polar surface area (TPSA) is 89.8 Å². The number of hydroxylamine groups is 1. The minimum absolute atomic E-state index is 0.151. The van der Waals surface area contributed by atoms with Crippen molar-refractivity contribution >= 4 is 5.91 Å². The summed E-state index contributed by atoms with van der Waals surface area (Å²) in [5.74, 6) is -4.90. The molecule has 0 aliphatic heterocycles. The van der Waals surface area contributed by atoms with Crippen LogP contribution in [-0.2, 0) is 11.2 Å². The molecule has 1 amide bonds. The van der Waals surface area contributed by atoms with Crippen LogP contribution in [0.3, 0.4) is 0 Å². The van der Waals surface area contributed by atoms with E-state index in [2.05, 4.69) is 0 Å². The van der Waals surface area contributed by atoms with Gasteiger partial charge in [-0.1, -0.05) is 30.3 Å². The number of aliphatic hydroxyl groups excluding tert-OH is 1. The molecule has 0 spiro atoms. The van der Waals surface area contributed by atoms with Crippen molar-refractivity contribution < 1.29 is 29.0 Å². The van der Waals surface area contributed by atoms with Gasteiger partial charge in [0.1, 0.15) is 0 Å². The number of hydrogen-bond donors (Lipinski definition) is 4. The molecule has 1 aliphatic carbocycles. The van der Waals surface area contributed by atoms with E-state index in [4.69, 9.17) is 5.21 Å². The standard InChI is InChI=1S/C18H24F2NO4/c19-18(20)10-8-17(24,9-11-18)15(16(23)21-25)12-14(22)7-6-13-4-2-1-3-5-13/h1-5,7,14-15,22,24-25H,6,8-12H2,(H,21,23)/t14-,15+/m0/s1. The van der Waals surface area contributed by atoms with E-state index >= 15 is 0 Å². The number of nitrogens with one attached hydrogen (secondary N) is 1. The fourth-order valence-corrected chi connectivity index (χ4v) is 3.27. The van der Waals surface area contributed by atoms with E-state index in [0.717, 1.165) is 5.56 Å². The smallest absolute Gasteiger partial charge is 0.249 e. The summed E-state index contributed by atoms with van der Waals surface area (Å²) >= 11 is 0. The molecule has 0 saturated heterocycles. The van der Waals surface area contributed by atoms with Crippen molar-refractivity contribution in [3.8, 4) is 0 Å². The molecule has 139 valence electrons. The van der Waals surface area contributed by atoms with Gasteiger partial charge in [0.25, 0.3) is 0 Å². The van der Waals surface area contributed by atoms with Crippen LogP contribution in [0, 0.1) is 12.3 Å². The van der Waals surface area contributed by atoms with E-state index in [1.807, 2.05) is 30.3 Å². The number of amides is 1. The van der Waals surface area contributed by atoms with Crippen molar-refractivity contribution in [3.05, 3.63) is 42.3 Å². The highest BCUT2D eigenvalue weighted by atomic mass is 19.3. The number of alkyl halides is 2. The first kappa shape index (κ1) is 19.8. The number of benzene rings is 1. The Labute approximate surface area is 145 Å². The molecule has 5 nitrogen and oxygen atoms in total. The number of hydrogen-bond acceptors (Lipinski definition) is 4. The Bertz CT molecular complexity index is 557. The first-order valence-corrected chi connectivity index (χ1v) is 8.35. The molecule has 0 bridgehead atoms. The van der Waals surface area contributed by atoms with Gasteiger partial charge in [-0.15, -0.1) is 0 Å². The van der Waals surface area contributed by atoms with E-state index in [1.54, 1.807) is 6.42 Å². The summed E-state index contributed by atoms with van der Waals surface area (Å²) in [5.41, 5.74) is 0.778. The molecule has 1 aromatic rings. The van der Waals surface area contributed by atoms with E-state index < -0.39 is 42.3 Å². The third-order valence-electron chi connectivity index (χ3n) is 4.87. The van der Waals surface area contributed by atoms with Crippen LogP contribution in [-0.4, -0.2) is 39.0 Å². The Kier molecular flexibility index (Phi) is 6.48. The number of carbonyl (C=O) groups is 1. The second-order valence-corrected chi connectivity index (χ2v) is 6.72. The summed E-state index contributed by atoms with van der Waals surface area (Å²) < 4.78 is 26.7. The lowest BCUT2D eigenvalue weighted by Gasteiger charge is -2.41. The predicted octanol–water partition coefficient (Wildman–Crippen LogP) is 2.25. The molecule has 1 saturated carbocycles. The van der Waals surface area contributed by atoms with Crippen molar-refractivity contribution in [3.63, 3.8) is 0 Å². The maximum absolute atomic E-state index is 13.3. The Morgan fingerprint density at radius 1 is 1.20 bits per heavy atom. The Morgan fingerprint density at radius 3 is 2.36 bits per heavy atom. The molecule has 1 aromatic carbocycles. The highest BCUT2D eigenvalue weighted by Gasteiger charge is 2.49. The number of carbonyl (C=O) groups excluding carboxylic acids is 1. The number of aliphatic hydroxyl groups is 2. The molecule has 25 heavy (non-hydrogen) atoms. The minimum Gasteiger partial charge on any atom is -0.393 e. The Morgan fingerprint density at radius 2 is 1.80 bits per heavy atom. The monoisotopic (exact) mass is 356 g/mol. The molecule has 2 rings (SSSR count). The average molecular weight is 356 g/mol. The summed E-state index contributed by atoms with van der Waals surface area (Å²) in [5, 5.41) is 29.8. The molecule has 1 fully saturated rings. The summed E-state index contributed by atoms with van der Waals surface area (Å²) in [6.45, 7) is 0. The summed E-state index contributed by atoms with van der Waals surface area (Å²) in [4.78, 5) is 12.0. The van der Waals surface area contributed by atoms with Crippen LogP contribution in [0.5, 0.6) is 0 Å². The Balaban J connectivity index is 1.98. The van der Waals surface area contributed by atoms with Gasteiger partial charge in [0.2, 0.25) is 11.8 Å². The number of halogens is 2. The second kappa shape index (κ2) is 8.21. The van der Waals surface area contributed by atoms with E-state index in [0.29, 0.717) is 6.42 Å². The lowest BCUT2D eigenvalue weighted by molar-refractivity contribution is -0.160. The van der Waals surface area contributed by atoms with Crippen molar-refractivity contribution in [2.24, 2.45) is 5.92 Å². The van der Waals surface area contributed by atoms with Crippen LogP contribution >= 0.6 is 0 Å². The second-order valence-electron chi connectivity index (χ2n) is 6.72. The summed E-state index contributed by atoms with van der Waals surface area (Å²) in [6.07, 6.45) is -0.687. The third kappa shape index (κ3) is 5.45. The van der Waals surface area contributed by atoms with Crippen molar-refractivity contribution in [1.82, 2.24) is 5.48 Å². The molecule has 1 radical (unpaired) electrons. The van der Waals surface area contributed by atoms with E-state index in [9.17, 15) is 23.8 Å². The fourth-order valence-electron chi connectivity index (χ4n) is 3.27. The van der Waals surface area contributed by atoms with Gasteiger partial charge in [-0.2, -0.15) is 0 Å². The van der Waals surface area contributed by atoms with Crippen molar-refractivity contribution in [2.45, 2.75) is 56.2 Å². The van der Waals surface area contributed by atoms with Crippen LogP contribution in [0.4, 0.5) is 8.78 Å². The maximum atomic E-state index is 13.3. The molecule has 0 heterocycles.